The van der Waals surface area contributed by atoms with Crippen molar-refractivity contribution in [2.45, 2.75) is 19.1 Å². The van der Waals surface area contributed by atoms with E-state index >= 15 is 0 Å². The van der Waals surface area contributed by atoms with E-state index in [2.05, 4.69) is 5.32 Å². The van der Waals surface area contributed by atoms with Gasteiger partial charge in [-0.25, -0.2) is 0 Å². The van der Waals surface area contributed by atoms with Crippen molar-refractivity contribution in [3.63, 3.8) is 0 Å². The molecular weight excluding hydrogens is 316 g/mol. The van der Waals surface area contributed by atoms with Crippen molar-refractivity contribution >= 4 is 11.8 Å². The number of carbonyl (C=O) groups excluding carboxylic acids is 2. The molecule has 1 aliphatic heterocycles. The van der Waals surface area contributed by atoms with Crippen LogP contribution in [0.3, 0.4) is 0 Å². The molecule has 2 aromatic rings. The maximum absolute atomic E-state index is 12.5. The van der Waals surface area contributed by atoms with E-state index in [1.165, 1.54) is 0 Å². The number of amides is 2. The number of benzene rings is 2. The number of ether oxygens (including phenoxy) is 1. The average molecular weight is 338 g/mol. The first-order chi connectivity index (χ1) is 12.1. The van der Waals surface area contributed by atoms with Crippen LogP contribution in [0.4, 0.5) is 0 Å². The standard InChI is InChI=1S/C20H22N2O3/c1-15-13-22(14-18(25-15)16-8-4-2-5-9-16)19(23)12-21-20(24)17-10-6-3-7-11-17/h2-11,15,18H,12-14H2,1H3,(H,21,24)/t15-,18+/m0/s1. The van der Waals surface area contributed by atoms with Crippen LogP contribution in [0.5, 0.6) is 0 Å². The van der Waals surface area contributed by atoms with E-state index in [4.69, 9.17) is 4.74 Å². The van der Waals surface area contributed by atoms with E-state index < -0.39 is 0 Å². The minimum atomic E-state index is -0.241. The zero-order chi connectivity index (χ0) is 17.6. The Labute approximate surface area is 147 Å². The Bertz CT molecular complexity index is 718. The van der Waals surface area contributed by atoms with Gasteiger partial charge in [0.15, 0.2) is 0 Å². The second-order valence-electron chi connectivity index (χ2n) is 6.19. The fraction of sp³-hybridized carbons (Fsp3) is 0.300. The van der Waals surface area contributed by atoms with Gasteiger partial charge in [-0.1, -0.05) is 48.5 Å². The second kappa shape index (κ2) is 7.94. The molecule has 1 N–H and O–H groups in total. The van der Waals surface area contributed by atoms with Crippen molar-refractivity contribution in [3.05, 3.63) is 71.8 Å². The number of hydrogen-bond acceptors (Lipinski definition) is 3. The van der Waals surface area contributed by atoms with E-state index in [-0.39, 0.29) is 30.6 Å². The minimum absolute atomic E-state index is 0.0119. The van der Waals surface area contributed by atoms with Crippen LogP contribution < -0.4 is 5.32 Å². The molecule has 130 valence electrons. The SMILES string of the molecule is C[C@H]1CN(C(=O)CNC(=O)c2ccccc2)C[C@H](c2ccccc2)O1. The average Bonchev–Trinajstić information content (AvgIpc) is 2.66. The van der Waals surface area contributed by atoms with Gasteiger partial charge in [-0.15, -0.1) is 0 Å². The Morgan fingerprint density at radius 3 is 2.36 bits per heavy atom. The van der Waals surface area contributed by atoms with Crippen LogP contribution in [-0.4, -0.2) is 42.5 Å². The number of hydrogen-bond donors (Lipinski definition) is 1. The highest BCUT2D eigenvalue weighted by Gasteiger charge is 2.29. The molecule has 2 atom stereocenters. The second-order valence-corrected chi connectivity index (χ2v) is 6.19. The van der Waals surface area contributed by atoms with Gasteiger partial charge in [-0.05, 0) is 24.6 Å². The third-order valence-corrected chi connectivity index (χ3v) is 4.22. The van der Waals surface area contributed by atoms with E-state index in [9.17, 15) is 9.59 Å². The molecule has 0 aromatic heterocycles. The molecular formula is C20H22N2O3. The summed E-state index contributed by atoms with van der Waals surface area (Å²) in [6.07, 6.45) is -0.188. The molecule has 1 heterocycles. The van der Waals surface area contributed by atoms with Crippen LogP contribution in [0.15, 0.2) is 60.7 Å². The first-order valence-corrected chi connectivity index (χ1v) is 8.45. The summed E-state index contributed by atoms with van der Waals surface area (Å²) in [7, 11) is 0. The summed E-state index contributed by atoms with van der Waals surface area (Å²) in [4.78, 5) is 26.3. The van der Waals surface area contributed by atoms with Gasteiger partial charge >= 0.3 is 0 Å². The lowest BCUT2D eigenvalue weighted by Crippen LogP contribution is -2.49. The number of rotatable bonds is 4. The molecule has 5 heteroatoms. The van der Waals surface area contributed by atoms with Crippen LogP contribution in [0.1, 0.15) is 28.9 Å². The highest BCUT2D eigenvalue weighted by molar-refractivity contribution is 5.96. The normalized spacial score (nSPS) is 20.1. The van der Waals surface area contributed by atoms with Gasteiger partial charge in [0.1, 0.15) is 6.10 Å². The number of carbonyl (C=O) groups is 2. The maximum Gasteiger partial charge on any atom is 0.251 e. The molecule has 0 aliphatic carbocycles. The van der Waals surface area contributed by atoms with E-state index in [1.54, 1.807) is 29.2 Å². The zero-order valence-electron chi connectivity index (χ0n) is 14.2. The summed E-state index contributed by atoms with van der Waals surface area (Å²) in [5.41, 5.74) is 1.60. The summed E-state index contributed by atoms with van der Waals surface area (Å²) in [6.45, 7) is 2.97. The maximum atomic E-state index is 12.5. The van der Waals surface area contributed by atoms with Gasteiger partial charge < -0.3 is 15.0 Å². The van der Waals surface area contributed by atoms with Crippen LogP contribution >= 0.6 is 0 Å². The quantitative estimate of drug-likeness (QED) is 0.931. The lowest BCUT2D eigenvalue weighted by molar-refractivity contribution is -0.143. The van der Waals surface area contributed by atoms with Gasteiger partial charge in [-0.2, -0.15) is 0 Å². The molecule has 2 aromatic carbocycles. The van der Waals surface area contributed by atoms with Crippen molar-refractivity contribution in [2.24, 2.45) is 0 Å². The molecule has 0 saturated carbocycles. The van der Waals surface area contributed by atoms with Crippen molar-refractivity contribution in [2.75, 3.05) is 19.6 Å². The first kappa shape index (κ1) is 17.2. The summed E-state index contributed by atoms with van der Waals surface area (Å²) >= 11 is 0. The zero-order valence-corrected chi connectivity index (χ0v) is 14.2. The summed E-state index contributed by atoms with van der Waals surface area (Å²) in [6, 6.07) is 18.8. The predicted molar refractivity (Wildman–Crippen MR) is 95.1 cm³/mol. The molecule has 1 aliphatic rings. The van der Waals surface area contributed by atoms with Crippen LogP contribution in [-0.2, 0) is 9.53 Å². The van der Waals surface area contributed by atoms with Gasteiger partial charge in [0, 0.05) is 12.1 Å². The molecule has 1 saturated heterocycles. The van der Waals surface area contributed by atoms with E-state index in [0.717, 1.165) is 5.56 Å². The number of morpholine rings is 1. The molecule has 0 bridgehead atoms. The first-order valence-electron chi connectivity index (χ1n) is 8.45. The fourth-order valence-corrected chi connectivity index (χ4v) is 2.97. The van der Waals surface area contributed by atoms with Crippen LogP contribution in [0.2, 0.25) is 0 Å². The van der Waals surface area contributed by atoms with Crippen molar-refractivity contribution in [1.82, 2.24) is 10.2 Å². The van der Waals surface area contributed by atoms with Gasteiger partial charge in [-0.3, -0.25) is 9.59 Å². The summed E-state index contributed by atoms with van der Waals surface area (Å²) in [5.74, 6) is -0.338. The molecule has 0 unspecified atom stereocenters. The van der Waals surface area contributed by atoms with Gasteiger partial charge in [0.25, 0.3) is 5.91 Å². The Balaban J connectivity index is 1.58. The Kier molecular flexibility index (Phi) is 5.46. The smallest absolute Gasteiger partial charge is 0.251 e. The highest BCUT2D eigenvalue weighted by Crippen LogP contribution is 2.24. The van der Waals surface area contributed by atoms with Crippen molar-refractivity contribution in [1.29, 1.82) is 0 Å². The Morgan fingerprint density at radius 1 is 1.04 bits per heavy atom. The van der Waals surface area contributed by atoms with Crippen LogP contribution in [0, 0.1) is 0 Å². The van der Waals surface area contributed by atoms with Gasteiger partial charge in [0.2, 0.25) is 5.91 Å². The third-order valence-electron chi connectivity index (χ3n) is 4.22. The lowest BCUT2D eigenvalue weighted by atomic mass is 10.1. The minimum Gasteiger partial charge on any atom is -0.367 e. The molecule has 2 amide bonds. The fourth-order valence-electron chi connectivity index (χ4n) is 2.97. The molecule has 3 rings (SSSR count). The lowest BCUT2D eigenvalue weighted by Gasteiger charge is -2.37. The monoisotopic (exact) mass is 338 g/mol. The topological polar surface area (TPSA) is 58.6 Å². The third kappa shape index (κ3) is 4.45. The molecule has 25 heavy (non-hydrogen) atoms. The predicted octanol–water partition coefficient (Wildman–Crippen LogP) is 2.41. The molecule has 1 fully saturated rings. The van der Waals surface area contributed by atoms with Crippen molar-refractivity contribution < 1.29 is 14.3 Å². The summed E-state index contributed by atoms with van der Waals surface area (Å²) < 4.78 is 5.97. The Hall–Kier alpha value is -2.66. The molecule has 5 nitrogen and oxygen atoms in total. The van der Waals surface area contributed by atoms with E-state index in [1.807, 2.05) is 43.3 Å². The Morgan fingerprint density at radius 2 is 1.68 bits per heavy atom. The summed E-state index contributed by atoms with van der Waals surface area (Å²) in [5, 5.41) is 2.69. The number of nitrogens with zero attached hydrogens (tertiary/aromatic N) is 1. The van der Waals surface area contributed by atoms with Gasteiger partial charge in [0.05, 0.1) is 19.2 Å². The number of nitrogens with one attached hydrogen (secondary N) is 1. The van der Waals surface area contributed by atoms with Crippen molar-refractivity contribution in [3.8, 4) is 0 Å². The highest BCUT2D eigenvalue weighted by atomic mass is 16.5. The largest absolute Gasteiger partial charge is 0.367 e. The molecule has 0 spiro atoms. The van der Waals surface area contributed by atoms with Crippen LogP contribution in [0.25, 0.3) is 0 Å². The van der Waals surface area contributed by atoms with E-state index in [0.29, 0.717) is 18.7 Å². The molecule has 0 radical (unpaired) electrons.